The minimum Gasteiger partial charge on any atom is -0.320 e. The lowest BCUT2D eigenvalue weighted by Crippen LogP contribution is -2.50. The summed E-state index contributed by atoms with van der Waals surface area (Å²) in [6.45, 7) is 5.06. The first kappa shape index (κ1) is 14.8. The third-order valence-electron chi connectivity index (χ3n) is 3.28. The van der Waals surface area contributed by atoms with Gasteiger partial charge in [0.15, 0.2) is 0 Å². The van der Waals surface area contributed by atoms with E-state index in [1.807, 2.05) is 13.8 Å². The monoisotopic (exact) mass is 259 g/mol. The van der Waals surface area contributed by atoms with Crippen molar-refractivity contribution in [1.82, 2.24) is 4.90 Å². The second kappa shape index (κ2) is 5.19. The van der Waals surface area contributed by atoms with Crippen molar-refractivity contribution in [2.45, 2.75) is 57.7 Å². The average molecular weight is 259 g/mol. The molecular formula is C12H19F2N3O. The van der Waals surface area contributed by atoms with Gasteiger partial charge in [-0.15, -0.1) is 0 Å². The topological polar surface area (TPSA) is 70.1 Å². The van der Waals surface area contributed by atoms with Crippen molar-refractivity contribution in [2.75, 3.05) is 0 Å². The van der Waals surface area contributed by atoms with E-state index >= 15 is 0 Å². The zero-order chi connectivity index (χ0) is 14.1. The fourth-order valence-electron chi connectivity index (χ4n) is 2.25. The summed E-state index contributed by atoms with van der Waals surface area (Å²) >= 11 is 0. The number of nitriles is 1. The SMILES string of the molecule is CC(C)C[C@H](N)C(=O)N1[C@H](C#N)CC(F)(F)[C@@H]1C. The van der Waals surface area contributed by atoms with E-state index in [9.17, 15) is 13.6 Å². The van der Waals surface area contributed by atoms with Gasteiger partial charge in [0, 0.05) is 6.42 Å². The van der Waals surface area contributed by atoms with Gasteiger partial charge in [-0.2, -0.15) is 5.26 Å². The van der Waals surface area contributed by atoms with E-state index in [1.54, 1.807) is 6.07 Å². The van der Waals surface area contributed by atoms with Crippen molar-refractivity contribution in [3.8, 4) is 6.07 Å². The summed E-state index contributed by atoms with van der Waals surface area (Å²) in [5.41, 5.74) is 5.72. The van der Waals surface area contributed by atoms with Crippen molar-refractivity contribution >= 4 is 5.91 Å². The first-order chi connectivity index (χ1) is 8.20. The van der Waals surface area contributed by atoms with Gasteiger partial charge < -0.3 is 10.6 Å². The summed E-state index contributed by atoms with van der Waals surface area (Å²) in [4.78, 5) is 13.0. The maximum atomic E-state index is 13.5. The van der Waals surface area contributed by atoms with Crippen LogP contribution in [0.5, 0.6) is 0 Å². The smallest absolute Gasteiger partial charge is 0.270 e. The number of halogens is 2. The van der Waals surface area contributed by atoms with Crippen LogP contribution in [0.15, 0.2) is 0 Å². The molecule has 0 aromatic carbocycles. The van der Waals surface area contributed by atoms with E-state index in [-0.39, 0.29) is 5.92 Å². The Bertz CT molecular complexity index is 365. The minimum absolute atomic E-state index is 0.197. The summed E-state index contributed by atoms with van der Waals surface area (Å²) in [5.74, 6) is -3.38. The number of alkyl halides is 2. The average Bonchev–Trinajstić information content (AvgIpc) is 2.48. The molecule has 0 bridgehead atoms. The van der Waals surface area contributed by atoms with Crippen molar-refractivity contribution in [1.29, 1.82) is 5.26 Å². The molecule has 1 rings (SSSR count). The molecule has 0 aromatic rings. The van der Waals surface area contributed by atoms with E-state index in [0.29, 0.717) is 6.42 Å². The molecule has 1 aliphatic heterocycles. The number of rotatable bonds is 3. The quantitative estimate of drug-likeness (QED) is 0.835. The first-order valence-electron chi connectivity index (χ1n) is 6.06. The summed E-state index contributed by atoms with van der Waals surface area (Å²) in [6.07, 6.45) is -0.184. The highest BCUT2D eigenvalue weighted by molar-refractivity contribution is 5.83. The van der Waals surface area contributed by atoms with Gasteiger partial charge in [-0.05, 0) is 19.3 Å². The number of nitrogens with zero attached hydrogens (tertiary/aromatic N) is 2. The van der Waals surface area contributed by atoms with Gasteiger partial charge in [-0.25, -0.2) is 8.78 Å². The number of likely N-dealkylation sites (tertiary alicyclic amines) is 1. The van der Waals surface area contributed by atoms with Gasteiger partial charge in [0.25, 0.3) is 5.92 Å². The van der Waals surface area contributed by atoms with Crippen LogP contribution in [0.4, 0.5) is 8.78 Å². The number of nitrogens with two attached hydrogens (primary N) is 1. The van der Waals surface area contributed by atoms with Crippen LogP contribution in [0, 0.1) is 17.2 Å². The molecule has 102 valence electrons. The standard InChI is InChI=1S/C12H19F2N3O/c1-7(2)4-10(16)11(18)17-8(3)12(13,14)5-9(17)6-15/h7-10H,4-5,16H2,1-3H3/t8-,9-,10-/m0/s1. The molecule has 1 saturated heterocycles. The first-order valence-corrected chi connectivity index (χ1v) is 6.06. The Morgan fingerprint density at radius 1 is 1.61 bits per heavy atom. The Balaban J connectivity index is 2.87. The van der Waals surface area contributed by atoms with E-state index < -0.39 is 36.4 Å². The second-order valence-corrected chi connectivity index (χ2v) is 5.27. The molecule has 1 aliphatic rings. The van der Waals surface area contributed by atoms with Crippen molar-refractivity contribution in [3.05, 3.63) is 0 Å². The molecule has 0 saturated carbocycles. The molecular weight excluding hydrogens is 240 g/mol. The summed E-state index contributed by atoms with van der Waals surface area (Å²) in [5, 5.41) is 8.88. The summed E-state index contributed by atoms with van der Waals surface area (Å²) < 4.78 is 27.1. The van der Waals surface area contributed by atoms with Crippen LogP contribution in [0.2, 0.25) is 0 Å². The largest absolute Gasteiger partial charge is 0.320 e. The van der Waals surface area contributed by atoms with E-state index in [1.165, 1.54) is 6.92 Å². The van der Waals surface area contributed by atoms with Gasteiger partial charge in [0.2, 0.25) is 5.91 Å². The minimum atomic E-state index is -3.02. The van der Waals surface area contributed by atoms with Crippen LogP contribution in [0.3, 0.4) is 0 Å². The molecule has 4 nitrogen and oxygen atoms in total. The molecule has 1 amide bonds. The van der Waals surface area contributed by atoms with Crippen LogP contribution < -0.4 is 5.73 Å². The molecule has 2 N–H and O–H groups in total. The Morgan fingerprint density at radius 2 is 2.17 bits per heavy atom. The maximum Gasteiger partial charge on any atom is 0.270 e. The van der Waals surface area contributed by atoms with Crippen LogP contribution in [0.25, 0.3) is 0 Å². The summed E-state index contributed by atoms with van der Waals surface area (Å²) in [6, 6.07) is -1.42. The Hall–Kier alpha value is -1.22. The van der Waals surface area contributed by atoms with Crippen LogP contribution in [-0.2, 0) is 4.79 Å². The number of hydrogen-bond acceptors (Lipinski definition) is 3. The predicted molar refractivity (Wildman–Crippen MR) is 62.7 cm³/mol. The van der Waals surface area contributed by atoms with E-state index in [2.05, 4.69) is 0 Å². The number of amides is 1. The molecule has 1 fully saturated rings. The highest BCUT2D eigenvalue weighted by Crippen LogP contribution is 2.38. The van der Waals surface area contributed by atoms with Crippen molar-refractivity contribution in [2.24, 2.45) is 11.7 Å². The molecule has 1 heterocycles. The predicted octanol–water partition coefficient (Wildman–Crippen LogP) is 1.51. The zero-order valence-electron chi connectivity index (χ0n) is 10.9. The molecule has 0 unspecified atom stereocenters. The normalized spacial score (nSPS) is 28.2. The number of carbonyl (C=O) groups excluding carboxylic acids is 1. The zero-order valence-corrected chi connectivity index (χ0v) is 10.9. The van der Waals surface area contributed by atoms with Crippen LogP contribution >= 0.6 is 0 Å². The molecule has 0 aromatic heterocycles. The highest BCUT2D eigenvalue weighted by Gasteiger charge is 2.54. The van der Waals surface area contributed by atoms with Crippen LogP contribution in [0.1, 0.15) is 33.6 Å². The molecule has 0 aliphatic carbocycles. The molecule has 0 spiro atoms. The Labute approximate surface area is 106 Å². The summed E-state index contributed by atoms with van der Waals surface area (Å²) in [7, 11) is 0. The van der Waals surface area contributed by atoms with E-state index in [0.717, 1.165) is 4.90 Å². The van der Waals surface area contributed by atoms with E-state index in [4.69, 9.17) is 11.0 Å². The lowest BCUT2D eigenvalue weighted by atomic mass is 10.0. The molecule has 0 radical (unpaired) electrons. The number of carbonyl (C=O) groups is 1. The third-order valence-corrected chi connectivity index (χ3v) is 3.28. The fraction of sp³-hybridized carbons (Fsp3) is 0.833. The molecule has 6 heteroatoms. The van der Waals surface area contributed by atoms with Gasteiger partial charge in [0.1, 0.15) is 6.04 Å². The second-order valence-electron chi connectivity index (χ2n) is 5.27. The Kier molecular flexibility index (Phi) is 4.28. The molecule has 3 atom stereocenters. The lowest BCUT2D eigenvalue weighted by Gasteiger charge is -2.28. The van der Waals surface area contributed by atoms with Crippen LogP contribution in [-0.4, -0.2) is 34.9 Å². The number of hydrogen-bond donors (Lipinski definition) is 1. The van der Waals surface area contributed by atoms with Gasteiger partial charge in [-0.3, -0.25) is 4.79 Å². The van der Waals surface area contributed by atoms with Gasteiger partial charge in [-0.1, -0.05) is 13.8 Å². The van der Waals surface area contributed by atoms with Gasteiger partial charge >= 0.3 is 0 Å². The maximum absolute atomic E-state index is 13.5. The third kappa shape index (κ3) is 2.78. The lowest BCUT2D eigenvalue weighted by molar-refractivity contribution is -0.137. The molecule has 18 heavy (non-hydrogen) atoms. The van der Waals surface area contributed by atoms with Crippen molar-refractivity contribution in [3.63, 3.8) is 0 Å². The van der Waals surface area contributed by atoms with Crippen molar-refractivity contribution < 1.29 is 13.6 Å². The highest BCUT2D eigenvalue weighted by atomic mass is 19.3. The fourth-order valence-corrected chi connectivity index (χ4v) is 2.25. The Morgan fingerprint density at radius 3 is 2.61 bits per heavy atom. The van der Waals surface area contributed by atoms with Gasteiger partial charge in [0.05, 0.1) is 18.2 Å².